The Bertz CT molecular complexity index is 684. The molecule has 0 bridgehead atoms. The molecular weight excluding hydrogens is 300 g/mol. The number of ether oxygens (including phenoxy) is 1. The van der Waals surface area contributed by atoms with Gasteiger partial charge in [-0.05, 0) is 24.3 Å². The molecule has 0 radical (unpaired) electrons. The number of nitrogens with one attached hydrogen (secondary N) is 1. The number of nitrogens with zero attached hydrogens (tertiary/aromatic N) is 1. The van der Waals surface area contributed by atoms with Gasteiger partial charge in [0.25, 0.3) is 5.91 Å². The number of carbonyl (C=O) groups excluding carboxylic acids is 2. The molecule has 1 N–H and O–H groups in total. The summed E-state index contributed by atoms with van der Waals surface area (Å²) in [4.78, 5) is 28.4. The second-order valence-electron chi connectivity index (χ2n) is 5.80. The number of anilines is 1. The number of hydrogen-bond donors (Lipinski definition) is 1. The summed E-state index contributed by atoms with van der Waals surface area (Å²) in [6.07, 6.45) is 1.59. The highest BCUT2D eigenvalue weighted by molar-refractivity contribution is 7.13. The Labute approximate surface area is 133 Å². The first-order valence-electron chi connectivity index (χ1n) is 6.77. The number of amides is 1. The Kier molecular flexibility index (Phi) is 4.61. The highest BCUT2D eigenvalue weighted by atomic mass is 32.1. The van der Waals surface area contributed by atoms with Crippen LogP contribution in [-0.2, 0) is 10.2 Å². The van der Waals surface area contributed by atoms with Crippen LogP contribution in [0.2, 0.25) is 0 Å². The number of hydrogen-bond acceptors (Lipinski definition) is 5. The van der Waals surface area contributed by atoms with Crippen molar-refractivity contribution in [3.63, 3.8) is 0 Å². The molecule has 0 aliphatic rings. The van der Waals surface area contributed by atoms with Gasteiger partial charge in [-0.1, -0.05) is 20.8 Å². The van der Waals surface area contributed by atoms with Crippen molar-refractivity contribution in [2.75, 3.05) is 12.4 Å². The Morgan fingerprint density at radius 1 is 1.18 bits per heavy atom. The van der Waals surface area contributed by atoms with E-state index in [9.17, 15) is 9.59 Å². The van der Waals surface area contributed by atoms with Crippen LogP contribution >= 0.6 is 11.3 Å². The molecule has 1 aromatic carbocycles. The fourth-order valence-electron chi connectivity index (χ4n) is 1.73. The van der Waals surface area contributed by atoms with E-state index in [1.807, 2.05) is 0 Å². The lowest BCUT2D eigenvalue weighted by Crippen LogP contribution is -2.11. The number of benzene rings is 1. The van der Waals surface area contributed by atoms with E-state index < -0.39 is 5.97 Å². The number of carbonyl (C=O) groups is 2. The third-order valence-electron chi connectivity index (χ3n) is 2.93. The average Bonchev–Trinajstić information content (AvgIpc) is 2.97. The van der Waals surface area contributed by atoms with Crippen molar-refractivity contribution in [2.45, 2.75) is 26.2 Å². The number of methoxy groups -OCH3 is 1. The average molecular weight is 318 g/mol. The molecule has 0 fully saturated rings. The molecule has 0 aliphatic heterocycles. The van der Waals surface area contributed by atoms with Crippen LogP contribution in [0.3, 0.4) is 0 Å². The maximum absolute atomic E-state index is 12.2. The molecule has 0 unspecified atom stereocenters. The van der Waals surface area contributed by atoms with Gasteiger partial charge < -0.3 is 10.1 Å². The summed E-state index contributed by atoms with van der Waals surface area (Å²) < 4.78 is 4.63. The van der Waals surface area contributed by atoms with E-state index in [2.05, 4.69) is 35.8 Å². The molecule has 6 heteroatoms. The molecule has 0 saturated heterocycles. The lowest BCUT2D eigenvalue weighted by molar-refractivity contribution is 0.0600. The summed E-state index contributed by atoms with van der Waals surface area (Å²) in [5.74, 6) is -0.617. The molecule has 2 rings (SSSR count). The van der Waals surface area contributed by atoms with Crippen LogP contribution in [0.1, 0.15) is 45.8 Å². The fourth-order valence-corrected chi connectivity index (χ4v) is 2.60. The van der Waals surface area contributed by atoms with E-state index in [-0.39, 0.29) is 11.3 Å². The topological polar surface area (TPSA) is 68.3 Å². The Morgan fingerprint density at radius 2 is 1.82 bits per heavy atom. The zero-order valence-electron chi connectivity index (χ0n) is 13.0. The van der Waals surface area contributed by atoms with Gasteiger partial charge in [-0.2, -0.15) is 0 Å². The van der Waals surface area contributed by atoms with E-state index in [0.717, 1.165) is 5.01 Å². The summed E-state index contributed by atoms with van der Waals surface area (Å²) in [6, 6.07) is 6.54. The zero-order chi connectivity index (χ0) is 16.3. The standard InChI is InChI=1S/C16H18N2O3S/c1-16(2,3)15-17-9-12(22-15)13(19)18-11-7-5-10(6-8-11)14(20)21-4/h5-9H,1-4H3,(H,18,19). The molecule has 1 heterocycles. The smallest absolute Gasteiger partial charge is 0.337 e. The lowest BCUT2D eigenvalue weighted by Gasteiger charge is -2.13. The maximum atomic E-state index is 12.2. The van der Waals surface area contributed by atoms with Crippen LogP contribution in [0.5, 0.6) is 0 Å². The van der Waals surface area contributed by atoms with Crippen molar-refractivity contribution >= 4 is 28.9 Å². The molecule has 2 aromatic rings. The number of aromatic nitrogens is 1. The van der Waals surface area contributed by atoms with Crippen molar-refractivity contribution in [1.29, 1.82) is 0 Å². The second kappa shape index (κ2) is 6.27. The van der Waals surface area contributed by atoms with Gasteiger partial charge in [-0.25, -0.2) is 9.78 Å². The molecule has 1 amide bonds. The summed E-state index contributed by atoms with van der Waals surface area (Å²) >= 11 is 1.38. The van der Waals surface area contributed by atoms with Gasteiger partial charge in [-0.15, -0.1) is 11.3 Å². The maximum Gasteiger partial charge on any atom is 0.337 e. The summed E-state index contributed by atoms with van der Waals surface area (Å²) in [6.45, 7) is 6.16. The van der Waals surface area contributed by atoms with Gasteiger partial charge in [0.1, 0.15) is 4.88 Å². The zero-order valence-corrected chi connectivity index (χ0v) is 13.8. The fraction of sp³-hybridized carbons (Fsp3) is 0.312. The molecule has 0 atom stereocenters. The minimum Gasteiger partial charge on any atom is -0.465 e. The highest BCUT2D eigenvalue weighted by Gasteiger charge is 2.20. The van der Waals surface area contributed by atoms with Gasteiger partial charge in [0, 0.05) is 11.1 Å². The molecule has 116 valence electrons. The van der Waals surface area contributed by atoms with Gasteiger partial charge in [-0.3, -0.25) is 4.79 Å². The van der Waals surface area contributed by atoms with Crippen LogP contribution in [0.25, 0.3) is 0 Å². The molecule has 22 heavy (non-hydrogen) atoms. The molecule has 0 saturated carbocycles. The third kappa shape index (κ3) is 3.71. The van der Waals surface area contributed by atoms with Gasteiger partial charge in [0.15, 0.2) is 0 Å². The lowest BCUT2D eigenvalue weighted by atomic mass is 9.98. The largest absolute Gasteiger partial charge is 0.465 e. The number of rotatable bonds is 3. The van der Waals surface area contributed by atoms with Crippen LogP contribution < -0.4 is 5.32 Å². The SMILES string of the molecule is COC(=O)c1ccc(NC(=O)c2cnc(C(C)(C)C)s2)cc1. The Balaban J connectivity index is 2.09. The quantitative estimate of drug-likeness (QED) is 0.880. The van der Waals surface area contributed by atoms with Gasteiger partial charge in [0.2, 0.25) is 0 Å². The predicted octanol–water partition coefficient (Wildman–Crippen LogP) is 3.48. The van der Waals surface area contributed by atoms with Crippen LogP contribution in [0.4, 0.5) is 5.69 Å². The van der Waals surface area contributed by atoms with Crippen molar-refractivity contribution in [3.05, 3.63) is 45.9 Å². The molecule has 1 aromatic heterocycles. The van der Waals surface area contributed by atoms with E-state index in [4.69, 9.17) is 0 Å². The predicted molar refractivity (Wildman–Crippen MR) is 86.5 cm³/mol. The van der Waals surface area contributed by atoms with E-state index >= 15 is 0 Å². The van der Waals surface area contributed by atoms with E-state index in [1.54, 1.807) is 30.5 Å². The van der Waals surface area contributed by atoms with Gasteiger partial charge >= 0.3 is 5.97 Å². The summed E-state index contributed by atoms with van der Waals surface area (Å²) in [7, 11) is 1.33. The number of esters is 1. The Morgan fingerprint density at radius 3 is 2.32 bits per heavy atom. The normalized spacial score (nSPS) is 11.1. The van der Waals surface area contributed by atoms with Crippen molar-refractivity contribution in [2.24, 2.45) is 0 Å². The minimum atomic E-state index is -0.407. The summed E-state index contributed by atoms with van der Waals surface area (Å²) in [5, 5.41) is 3.70. The number of thiazole rings is 1. The molecule has 5 nitrogen and oxygen atoms in total. The van der Waals surface area contributed by atoms with Crippen molar-refractivity contribution in [1.82, 2.24) is 4.98 Å². The molecule has 0 spiro atoms. The summed E-state index contributed by atoms with van der Waals surface area (Å²) in [5.41, 5.74) is 0.974. The van der Waals surface area contributed by atoms with Gasteiger partial charge in [0.05, 0.1) is 23.9 Å². The van der Waals surface area contributed by atoms with Crippen molar-refractivity contribution in [3.8, 4) is 0 Å². The first-order chi connectivity index (χ1) is 10.3. The molecule has 0 aliphatic carbocycles. The van der Waals surface area contributed by atoms with Crippen LogP contribution in [0, 0.1) is 0 Å². The monoisotopic (exact) mass is 318 g/mol. The van der Waals surface area contributed by atoms with Crippen LogP contribution in [0.15, 0.2) is 30.5 Å². The minimum absolute atomic E-state index is 0.0780. The first kappa shape index (κ1) is 16.2. The molecular formula is C16H18N2O3S. The Hall–Kier alpha value is -2.21. The highest BCUT2D eigenvalue weighted by Crippen LogP contribution is 2.27. The van der Waals surface area contributed by atoms with Crippen LogP contribution in [-0.4, -0.2) is 24.0 Å². The van der Waals surface area contributed by atoms with E-state index in [0.29, 0.717) is 16.1 Å². The van der Waals surface area contributed by atoms with E-state index in [1.165, 1.54) is 18.4 Å². The second-order valence-corrected chi connectivity index (χ2v) is 6.83. The van der Waals surface area contributed by atoms with Crippen molar-refractivity contribution < 1.29 is 14.3 Å². The third-order valence-corrected chi connectivity index (χ3v) is 4.36. The first-order valence-corrected chi connectivity index (χ1v) is 7.59.